The number of aromatic nitrogens is 2. The number of hydrogen-bond donors (Lipinski definition) is 3. The predicted octanol–water partition coefficient (Wildman–Crippen LogP) is 3.04. The van der Waals surface area contributed by atoms with Gasteiger partial charge in [0.1, 0.15) is 13.2 Å². The van der Waals surface area contributed by atoms with Crippen molar-refractivity contribution in [2.75, 3.05) is 23.8 Å². The van der Waals surface area contributed by atoms with Crippen molar-refractivity contribution in [2.24, 2.45) is 0 Å². The predicted molar refractivity (Wildman–Crippen MR) is 91.1 cm³/mol. The molecule has 3 N–H and O–H groups in total. The number of nitrogens with one attached hydrogen (secondary N) is 3. The number of carbonyl (C=O) groups is 1. The zero-order valence-corrected chi connectivity index (χ0v) is 13.1. The van der Waals surface area contributed by atoms with Gasteiger partial charge >= 0.3 is 0 Å². The van der Waals surface area contributed by atoms with Gasteiger partial charge in [-0.15, -0.1) is 0 Å². The topological polar surface area (TPSA) is 88.3 Å². The van der Waals surface area contributed by atoms with E-state index in [4.69, 9.17) is 9.47 Å². The Morgan fingerprint density at radius 3 is 2.46 bits per heavy atom. The van der Waals surface area contributed by atoms with Crippen molar-refractivity contribution in [3.8, 4) is 11.5 Å². The van der Waals surface area contributed by atoms with Gasteiger partial charge in [0.15, 0.2) is 11.5 Å². The normalized spacial score (nSPS) is 12.9. The summed E-state index contributed by atoms with van der Waals surface area (Å²) in [6.07, 6.45) is 0. The first-order valence-corrected chi connectivity index (χ1v) is 7.61. The summed E-state index contributed by atoms with van der Waals surface area (Å²) in [5.41, 5.74) is 3.29. The van der Waals surface area contributed by atoms with Gasteiger partial charge in [-0.2, -0.15) is 0 Å². The van der Waals surface area contributed by atoms with E-state index in [1.807, 2.05) is 36.4 Å². The monoisotopic (exact) mass is 324 g/mol. The maximum Gasteiger partial charge on any atom is 0.221 e. The molecule has 0 radical (unpaired) electrons. The van der Waals surface area contributed by atoms with Gasteiger partial charge in [0.2, 0.25) is 11.9 Å². The summed E-state index contributed by atoms with van der Waals surface area (Å²) in [6.45, 7) is 2.58. The van der Waals surface area contributed by atoms with Crippen LogP contribution in [-0.2, 0) is 4.79 Å². The van der Waals surface area contributed by atoms with Gasteiger partial charge in [-0.25, -0.2) is 4.98 Å². The number of H-pyrrole nitrogens is 1. The van der Waals surface area contributed by atoms with E-state index in [0.717, 1.165) is 28.2 Å². The third-order valence-electron chi connectivity index (χ3n) is 3.61. The van der Waals surface area contributed by atoms with Crippen molar-refractivity contribution in [3.63, 3.8) is 0 Å². The number of anilines is 3. The number of amides is 1. The van der Waals surface area contributed by atoms with Crippen molar-refractivity contribution in [3.05, 3.63) is 36.4 Å². The quantitative estimate of drug-likeness (QED) is 0.689. The number of benzene rings is 2. The zero-order chi connectivity index (χ0) is 16.5. The van der Waals surface area contributed by atoms with Crippen molar-refractivity contribution < 1.29 is 14.3 Å². The molecule has 24 heavy (non-hydrogen) atoms. The summed E-state index contributed by atoms with van der Waals surface area (Å²) in [6, 6.07) is 11.2. The second-order valence-corrected chi connectivity index (χ2v) is 5.48. The van der Waals surface area contributed by atoms with Crippen molar-refractivity contribution in [2.45, 2.75) is 6.92 Å². The largest absolute Gasteiger partial charge is 0.486 e. The third kappa shape index (κ3) is 2.83. The standard InChI is InChI=1S/C17H16N4O3/c1-10(22)18-11-2-4-12(5-3-11)19-17-20-13-8-15-16(9-14(13)21-17)24-7-6-23-15/h2-5,8-9H,6-7H2,1H3,(H,18,22)(H2,19,20,21). The second kappa shape index (κ2) is 5.77. The molecule has 0 saturated heterocycles. The van der Waals surface area contributed by atoms with Crippen molar-refractivity contribution in [1.29, 1.82) is 0 Å². The van der Waals surface area contributed by atoms with Crippen LogP contribution in [0.15, 0.2) is 36.4 Å². The fourth-order valence-electron chi connectivity index (χ4n) is 2.58. The van der Waals surface area contributed by atoms with Crippen LogP contribution in [0.2, 0.25) is 0 Å². The molecule has 3 aromatic rings. The highest BCUT2D eigenvalue weighted by Crippen LogP contribution is 2.34. The summed E-state index contributed by atoms with van der Waals surface area (Å²) >= 11 is 0. The molecule has 7 nitrogen and oxygen atoms in total. The van der Waals surface area contributed by atoms with Crippen molar-refractivity contribution >= 4 is 34.3 Å². The summed E-state index contributed by atoms with van der Waals surface area (Å²) < 4.78 is 11.1. The van der Waals surface area contributed by atoms with E-state index < -0.39 is 0 Å². The molecule has 0 unspecified atom stereocenters. The van der Waals surface area contributed by atoms with Crippen LogP contribution in [0.25, 0.3) is 11.0 Å². The molecule has 1 aliphatic rings. The van der Waals surface area contributed by atoms with Gasteiger partial charge in [-0.05, 0) is 24.3 Å². The van der Waals surface area contributed by atoms with Crippen LogP contribution >= 0.6 is 0 Å². The van der Waals surface area contributed by atoms with E-state index in [9.17, 15) is 4.79 Å². The Morgan fingerprint density at radius 1 is 1.08 bits per heavy atom. The molecule has 0 atom stereocenters. The fraction of sp³-hybridized carbons (Fsp3) is 0.176. The van der Waals surface area contributed by atoms with E-state index in [0.29, 0.717) is 24.9 Å². The number of imidazole rings is 1. The molecule has 1 amide bonds. The second-order valence-electron chi connectivity index (χ2n) is 5.48. The lowest BCUT2D eigenvalue weighted by atomic mass is 10.2. The number of nitrogens with zero attached hydrogens (tertiary/aromatic N) is 1. The van der Waals surface area contributed by atoms with Crippen molar-refractivity contribution in [1.82, 2.24) is 9.97 Å². The summed E-state index contributed by atoms with van der Waals surface area (Å²) in [5, 5.41) is 5.93. The Hall–Kier alpha value is -3.22. The number of ether oxygens (including phenoxy) is 2. The molecule has 122 valence electrons. The first-order chi connectivity index (χ1) is 11.7. The fourth-order valence-corrected chi connectivity index (χ4v) is 2.58. The van der Waals surface area contributed by atoms with E-state index in [1.54, 1.807) is 0 Å². The maximum absolute atomic E-state index is 11.0. The summed E-state index contributed by atoms with van der Waals surface area (Å²) in [7, 11) is 0. The Kier molecular flexibility index (Phi) is 3.45. The molecule has 4 rings (SSSR count). The highest BCUT2D eigenvalue weighted by atomic mass is 16.6. The molecule has 1 aliphatic heterocycles. The first kappa shape index (κ1) is 14.4. The van der Waals surface area contributed by atoms with Gasteiger partial charge in [-0.1, -0.05) is 0 Å². The van der Waals surface area contributed by atoms with Crippen LogP contribution in [0.3, 0.4) is 0 Å². The Balaban J connectivity index is 1.57. The SMILES string of the molecule is CC(=O)Nc1ccc(Nc2nc3cc4c(cc3[nH]2)OCCO4)cc1. The van der Waals surface area contributed by atoms with Gasteiger partial charge in [0.05, 0.1) is 11.0 Å². The minimum absolute atomic E-state index is 0.0959. The van der Waals surface area contributed by atoms with E-state index in [-0.39, 0.29) is 5.91 Å². The van der Waals surface area contributed by atoms with Crippen LogP contribution in [0.4, 0.5) is 17.3 Å². The molecule has 2 heterocycles. The molecule has 0 aliphatic carbocycles. The number of fused-ring (bicyclic) bond motifs is 2. The average Bonchev–Trinajstić information content (AvgIpc) is 2.95. The Morgan fingerprint density at radius 2 is 1.75 bits per heavy atom. The molecular weight excluding hydrogens is 308 g/mol. The lowest BCUT2D eigenvalue weighted by molar-refractivity contribution is -0.114. The lowest BCUT2D eigenvalue weighted by Crippen LogP contribution is -2.15. The van der Waals surface area contributed by atoms with E-state index >= 15 is 0 Å². The highest BCUT2D eigenvalue weighted by Gasteiger charge is 2.14. The lowest BCUT2D eigenvalue weighted by Gasteiger charge is -2.17. The highest BCUT2D eigenvalue weighted by molar-refractivity contribution is 5.89. The van der Waals surface area contributed by atoms with Gasteiger partial charge in [-0.3, -0.25) is 4.79 Å². The third-order valence-corrected chi connectivity index (χ3v) is 3.61. The zero-order valence-electron chi connectivity index (χ0n) is 13.1. The summed E-state index contributed by atoms with van der Waals surface area (Å²) in [5.74, 6) is 1.97. The van der Waals surface area contributed by atoms with Crippen LogP contribution in [0, 0.1) is 0 Å². The average molecular weight is 324 g/mol. The molecule has 0 saturated carbocycles. The smallest absolute Gasteiger partial charge is 0.221 e. The Bertz CT molecular complexity index is 859. The molecule has 0 fully saturated rings. The van der Waals surface area contributed by atoms with Crippen LogP contribution < -0.4 is 20.1 Å². The molecule has 1 aromatic heterocycles. The number of carbonyl (C=O) groups excluding carboxylic acids is 1. The number of aromatic amines is 1. The first-order valence-electron chi connectivity index (χ1n) is 7.61. The molecule has 0 spiro atoms. The van der Waals surface area contributed by atoms with Gasteiger partial charge < -0.3 is 25.1 Å². The number of hydrogen-bond acceptors (Lipinski definition) is 5. The summed E-state index contributed by atoms with van der Waals surface area (Å²) in [4.78, 5) is 18.8. The van der Waals surface area contributed by atoms with Crippen LogP contribution in [-0.4, -0.2) is 29.1 Å². The minimum Gasteiger partial charge on any atom is -0.486 e. The number of rotatable bonds is 3. The molecular formula is C17H16N4O3. The molecule has 7 heteroatoms. The maximum atomic E-state index is 11.0. The van der Waals surface area contributed by atoms with E-state index in [2.05, 4.69) is 20.6 Å². The van der Waals surface area contributed by atoms with Crippen LogP contribution in [0.1, 0.15) is 6.92 Å². The minimum atomic E-state index is -0.0959. The molecule has 0 bridgehead atoms. The van der Waals surface area contributed by atoms with E-state index in [1.165, 1.54) is 6.92 Å². The Labute approximate surface area is 138 Å². The van der Waals surface area contributed by atoms with Gasteiger partial charge in [0.25, 0.3) is 0 Å². The van der Waals surface area contributed by atoms with Gasteiger partial charge in [0, 0.05) is 30.4 Å². The van der Waals surface area contributed by atoms with Crippen LogP contribution in [0.5, 0.6) is 11.5 Å². The molecule has 2 aromatic carbocycles.